The molecule has 0 aliphatic carbocycles. The lowest BCUT2D eigenvalue weighted by Crippen LogP contribution is -2.33. The highest BCUT2D eigenvalue weighted by Crippen LogP contribution is 2.19. The summed E-state index contributed by atoms with van der Waals surface area (Å²) in [4.78, 5) is 0. The Morgan fingerprint density at radius 1 is 1.58 bits per heavy atom. The monoisotopic (exact) mass is 169 g/mol. The Morgan fingerprint density at radius 2 is 2.17 bits per heavy atom. The topological polar surface area (TPSA) is 73.3 Å². The Bertz CT molecular complexity index is 170. The lowest BCUT2D eigenvalue weighted by molar-refractivity contribution is -0.112. The SMILES string of the molecule is N#CC(N)CC1CCN(O)CC1. The summed E-state index contributed by atoms with van der Waals surface area (Å²) in [5.41, 5.74) is 5.50. The highest BCUT2D eigenvalue weighted by Gasteiger charge is 2.19. The zero-order valence-electron chi connectivity index (χ0n) is 7.11. The molecule has 0 bridgehead atoms. The van der Waals surface area contributed by atoms with Crippen molar-refractivity contribution in [2.24, 2.45) is 11.7 Å². The van der Waals surface area contributed by atoms with Crippen molar-refractivity contribution in [3.8, 4) is 6.07 Å². The second-order valence-corrected chi connectivity index (χ2v) is 3.37. The molecule has 1 rings (SSSR count). The fourth-order valence-corrected chi connectivity index (χ4v) is 1.57. The van der Waals surface area contributed by atoms with Gasteiger partial charge in [0, 0.05) is 13.1 Å². The summed E-state index contributed by atoms with van der Waals surface area (Å²) in [6, 6.07) is 1.69. The van der Waals surface area contributed by atoms with Gasteiger partial charge in [0.15, 0.2) is 0 Å². The van der Waals surface area contributed by atoms with E-state index in [4.69, 9.17) is 16.2 Å². The van der Waals surface area contributed by atoms with E-state index in [0.29, 0.717) is 19.0 Å². The molecule has 0 aromatic heterocycles. The normalized spacial score (nSPS) is 23.4. The molecule has 0 aromatic carbocycles. The molecule has 68 valence electrons. The number of nitrogens with zero attached hydrogens (tertiary/aromatic N) is 2. The standard InChI is InChI=1S/C8H15N3O/c9-6-8(10)5-7-1-3-11(12)4-2-7/h7-8,12H,1-5,10H2. The zero-order valence-corrected chi connectivity index (χ0v) is 7.11. The van der Waals surface area contributed by atoms with Gasteiger partial charge in [-0.3, -0.25) is 0 Å². The first kappa shape index (κ1) is 9.46. The molecule has 1 aliphatic rings. The van der Waals surface area contributed by atoms with E-state index in [9.17, 15) is 0 Å². The predicted molar refractivity (Wildman–Crippen MR) is 44.3 cm³/mol. The molecule has 1 aliphatic heterocycles. The van der Waals surface area contributed by atoms with Crippen molar-refractivity contribution in [1.29, 1.82) is 5.26 Å². The van der Waals surface area contributed by atoms with Crippen LogP contribution in [-0.4, -0.2) is 29.4 Å². The summed E-state index contributed by atoms with van der Waals surface area (Å²) in [5.74, 6) is 0.517. The van der Waals surface area contributed by atoms with Gasteiger partial charge < -0.3 is 10.9 Å². The average Bonchev–Trinajstić information content (AvgIpc) is 2.09. The number of nitriles is 1. The van der Waals surface area contributed by atoms with Gasteiger partial charge >= 0.3 is 0 Å². The minimum atomic E-state index is -0.333. The maximum absolute atomic E-state index is 9.06. The van der Waals surface area contributed by atoms with Crippen LogP contribution in [0.3, 0.4) is 0 Å². The molecule has 4 heteroatoms. The Labute approximate surface area is 72.5 Å². The van der Waals surface area contributed by atoms with Gasteiger partial charge in [-0.2, -0.15) is 10.3 Å². The summed E-state index contributed by atoms with van der Waals surface area (Å²) in [6.07, 6.45) is 2.67. The zero-order chi connectivity index (χ0) is 8.97. The molecule has 3 N–H and O–H groups in total. The molecule has 0 spiro atoms. The third-order valence-corrected chi connectivity index (χ3v) is 2.34. The van der Waals surface area contributed by atoms with Crippen LogP contribution in [0, 0.1) is 17.2 Å². The van der Waals surface area contributed by atoms with Gasteiger partial charge in [-0.05, 0) is 25.2 Å². The van der Waals surface area contributed by atoms with Gasteiger partial charge in [-0.1, -0.05) is 0 Å². The maximum Gasteiger partial charge on any atom is 0.0930 e. The first-order chi connectivity index (χ1) is 5.72. The molecular weight excluding hydrogens is 154 g/mol. The van der Waals surface area contributed by atoms with Crippen molar-refractivity contribution in [2.45, 2.75) is 25.3 Å². The van der Waals surface area contributed by atoms with Crippen LogP contribution < -0.4 is 5.73 Å². The number of piperidine rings is 1. The number of hydrogen-bond acceptors (Lipinski definition) is 4. The molecule has 1 fully saturated rings. The van der Waals surface area contributed by atoms with Crippen LogP contribution in [0.25, 0.3) is 0 Å². The highest BCUT2D eigenvalue weighted by molar-refractivity contribution is 4.88. The molecule has 4 nitrogen and oxygen atoms in total. The van der Waals surface area contributed by atoms with Crippen LogP contribution in [0.5, 0.6) is 0 Å². The lowest BCUT2D eigenvalue weighted by Gasteiger charge is -2.27. The van der Waals surface area contributed by atoms with Gasteiger partial charge in [-0.25, -0.2) is 0 Å². The van der Waals surface area contributed by atoms with E-state index in [2.05, 4.69) is 0 Å². The smallest absolute Gasteiger partial charge is 0.0930 e. The first-order valence-corrected chi connectivity index (χ1v) is 4.31. The maximum atomic E-state index is 9.06. The minimum Gasteiger partial charge on any atom is -0.316 e. The number of nitrogens with two attached hydrogens (primary N) is 1. The van der Waals surface area contributed by atoms with E-state index in [1.54, 1.807) is 0 Å². The Hall–Kier alpha value is -0.630. The molecule has 0 aromatic rings. The van der Waals surface area contributed by atoms with Crippen molar-refractivity contribution in [3.05, 3.63) is 0 Å². The fourth-order valence-electron chi connectivity index (χ4n) is 1.57. The molecule has 1 saturated heterocycles. The fraction of sp³-hybridized carbons (Fsp3) is 0.875. The molecule has 0 saturated carbocycles. The van der Waals surface area contributed by atoms with E-state index in [-0.39, 0.29) is 6.04 Å². The second kappa shape index (κ2) is 4.41. The molecule has 1 heterocycles. The van der Waals surface area contributed by atoms with E-state index in [1.807, 2.05) is 6.07 Å². The van der Waals surface area contributed by atoms with Crippen LogP contribution in [0.1, 0.15) is 19.3 Å². The quantitative estimate of drug-likeness (QED) is 0.624. The van der Waals surface area contributed by atoms with E-state index in [1.165, 1.54) is 5.06 Å². The van der Waals surface area contributed by atoms with Crippen LogP contribution in [0.4, 0.5) is 0 Å². The lowest BCUT2D eigenvalue weighted by atomic mass is 9.91. The van der Waals surface area contributed by atoms with Crippen LogP contribution in [0.15, 0.2) is 0 Å². The van der Waals surface area contributed by atoms with Crippen LogP contribution >= 0.6 is 0 Å². The van der Waals surface area contributed by atoms with Crippen LogP contribution in [-0.2, 0) is 0 Å². The molecule has 1 unspecified atom stereocenters. The van der Waals surface area contributed by atoms with Gasteiger partial charge in [-0.15, -0.1) is 0 Å². The summed E-state index contributed by atoms with van der Waals surface area (Å²) in [7, 11) is 0. The summed E-state index contributed by atoms with van der Waals surface area (Å²) < 4.78 is 0. The average molecular weight is 169 g/mol. The van der Waals surface area contributed by atoms with Gasteiger partial charge in [0.25, 0.3) is 0 Å². The highest BCUT2D eigenvalue weighted by atomic mass is 16.5. The molecular formula is C8H15N3O. The van der Waals surface area contributed by atoms with Crippen molar-refractivity contribution in [1.82, 2.24) is 5.06 Å². The predicted octanol–water partition coefficient (Wildman–Crippen LogP) is 0.329. The van der Waals surface area contributed by atoms with Gasteiger partial charge in [0.05, 0.1) is 12.1 Å². The first-order valence-electron chi connectivity index (χ1n) is 4.31. The second-order valence-electron chi connectivity index (χ2n) is 3.37. The minimum absolute atomic E-state index is 0.333. The molecule has 1 atom stereocenters. The summed E-state index contributed by atoms with van der Waals surface area (Å²) in [5, 5.41) is 18.9. The summed E-state index contributed by atoms with van der Waals surface area (Å²) >= 11 is 0. The van der Waals surface area contributed by atoms with Crippen molar-refractivity contribution < 1.29 is 5.21 Å². The van der Waals surface area contributed by atoms with E-state index in [0.717, 1.165) is 19.3 Å². The molecule has 12 heavy (non-hydrogen) atoms. The van der Waals surface area contributed by atoms with Crippen molar-refractivity contribution >= 4 is 0 Å². The van der Waals surface area contributed by atoms with Gasteiger partial charge in [0.1, 0.15) is 0 Å². The number of rotatable bonds is 2. The largest absolute Gasteiger partial charge is 0.316 e. The summed E-state index contributed by atoms with van der Waals surface area (Å²) in [6.45, 7) is 1.42. The third kappa shape index (κ3) is 2.78. The molecule has 0 radical (unpaired) electrons. The van der Waals surface area contributed by atoms with Gasteiger partial charge in [0.2, 0.25) is 0 Å². The number of hydrogen-bond donors (Lipinski definition) is 2. The number of hydroxylamine groups is 2. The molecule has 0 amide bonds. The Kier molecular flexibility index (Phi) is 3.48. The van der Waals surface area contributed by atoms with Crippen molar-refractivity contribution in [3.63, 3.8) is 0 Å². The van der Waals surface area contributed by atoms with Crippen LogP contribution in [0.2, 0.25) is 0 Å². The van der Waals surface area contributed by atoms with E-state index >= 15 is 0 Å². The van der Waals surface area contributed by atoms with Crippen molar-refractivity contribution in [2.75, 3.05) is 13.1 Å². The van der Waals surface area contributed by atoms with E-state index < -0.39 is 0 Å². The Balaban J connectivity index is 2.22. The Morgan fingerprint density at radius 3 is 2.67 bits per heavy atom. The third-order valence-electron chi connectivity index (χ3n) is 2.34.